The van der Waals surface area contributed by atoms with Crippen molar-refractivity contribution in [3.8, 4) is 10.7 Å². The molecule has 2 heterocycles. The molecule has 0 atom stereocenters. The second kappa shape index (κ2) is 5.22. The summed E-state index contributed by atoms with van der Waals surface area (Å²) in [6, 6.07) is 1.58. The molecule has 0 aliphatic carbocycles. The number of aliphatic carboxylic acids is 1. The Balaban J connectivity index is 2.42. The van der Waals surface area contributed by atoms with Gasteiger partial charge in [0.2, 0.25) is 0 Å². The molecule has 94 valence electrons. The minimum Gasteiger partial charge on any atom is -0.481 e. The van der Waals surface area contributed by atoms with Crippen molar-refractivity contribution < 1.29 is 9.90 Å². The zero-order valence-electron chi connectivity index (χ0n) is 9.28. The Bertz CT molecular complexity index is 613. The molecule has 0 spiro atoms. The van der Waals surface area contributed by atoms with Crippen LogP contribution in [0.15, 0.2) is 12.3 Å². The minimum absolute atomic E-state index is 0.0469. The Morgan fingerprint density at radius 3 is 2.83 bits per heavy atom. The molecule has 0 radical (unpaired) electrons. The summed E-state index contributed by atoms with van der Waals surface area (Å²) in [5.41, 5.74) is 1.20. The number of hydrogen-bond acceptors (Lipinski definition) is 4. The van der Waals surface area contributed by atoms with Crippen LogP contribution in [-0.4, -0.2) is 21.0 Å². The number of pyridine rings is 1. The van der Waals surface area contributed by atoms with Gasteiger partial charge in [-0.1, -0.05) is 23.2 Å². The van der Waals surface area contributed by atoms with Gasteiger partial charge in [-0.05, 0) is 13.0 Å². The summed E-state index contributed by atoms with van der Waals surface area (Å²) < 4.78 is 0. The van der Waals surface area contributed by atoms with Crippen LogP contribution in [0.5, 0.6) is 0 Å². The molecule has 2 aromatic heterocycles. The maximum absolute atomic E-state index is 10.7. The van der Waals surface area contributed by atoms with Crippen LogP contribution >= 0.6 is 34.5 Å². The summed E-state index contributed by atoms with van der Waals surface area (Å²) >= 11 is 13.1. The molecular formula is C11H8Cl2N2O2S. The fourth-order valence-corrected chi connectivity index (χ4v) is 2.99. The number of carboxylic acids is 1. The van der Waals surface area contributed by atoms with Gasteiger partial charge in [0.25, 0.3) is 0 Å². The summed E-state index contributed by atoms with van der Waals surface area (Å²) in [5.74, 6) is -0.886. The molecule has 0 unspecified atom stereocenters. The molecule has 2 aromatic rings. The van der Waals surface area contributed by atoms with E-state index in [9.17, 15) is 4.79 Å². The van der Waals surface area contributed by atoms with Crippen molar-refractivity contribution in [1.29, 1.82) is 0 Å². The van der Waals surface area contributed by atoms with Crippen LogP contribution in [0.1, 0.15) is 10.6 Å². The molecule has 0 saturated carbocycles. The predicted octanol–water partition coefficient (Wildman–Crippen LogP) is 3.45. The van der Waals surface area contributed by atoms with E-state index in [0.717, 1.165) is 0 Å². The summed E-state index contributed by atoms with van der Waals surface area (Å²) in [6.45, 7) is 1.77. The van der Waals surface area contributed by atoms with E-state index in [0.29, 0.717) is 31.3 Å². The highest BCUT2D eigenvalue weighted by molar-refractivity contribution is 7.15. The smallest absolute Gasteiger partial charge is 0.308 e. The SMILES string of the molecule is Cc1nc(-c2ncc(Cl)cc2Cl)sc1CC(=O)O. The highest BCUT2D eigenvalue weighted by atomic mass is 35.5. The molecule has 0 amide bonds. The quantitative estimate of drug-likeness (QED) is 0.943. The van der Waals surface area contributed by atoms with E-state index < -0.39 is 5.97 Å². The molecule has 0 bridgehead atoms. The molecule has 0 fully saturated rings. The van der Waals surface area contributed by atoms with E-state index in [-0.39, 0.29) is 6.42 Å². The monoisotopic (exact) mass is 302 g/mol. The Morgan fingerprint density at radius 2 is 2.22 bits per heavy atom. The van der Waals surface area contributed by atoms with E-state index in [1.807, 2.05) is 0 Å². The lowest BCUT2D eigenvalue weighted by molar-refractivity contribution is -0.136. The van der Waals surface area contributed by atoms with Crippen LogP contribution in [0.4, 0.5) is 0 Å². The first-order chi connectivity index (χ1) is 8.47. The first-order valence-electron chi connectivity index (χ1n) is 4.97. The number of nitrogens with zero attached hydrogens (tertiary/aromatic N) is 2. The van der Waals surface area contributed by atoms with Crippen LogP contribution < -0.4 is 0 Å². The summed E-state index contributed by atoms with van der Waals surface area (Å²) in [7, 11) is 0. The maximum atomic E-state index is 10.7. The highest BCUT2D eigenvalue weighted by Crippen LogP contribution is 2.32. The van der Waals surface area contributed by atoms with Crippen LogP contribution in [0, 0.1) is 6.92 Å². The molecule has 1 N–H and O–H groups in total. The number of hydrogen-bond donors (Lipinski definition) is 1. The van der Waals surface area contributed by atoms with Gasteiger partial charge >= 0.3 is 5.97 Å². The van der Waals surface area contributed by atoms with Crippen LogP contribution in [0.25, 0.3) is 10.7 Å². The normalized spacial score (nSPS) is 10.6. The van der Waals surface area contributed by atoms with Gasteiger partial charge in [-0.15, -0.1) is 11.3 Å². The third-order valence-electron chi connectivity index (χ3n) is 2.21. The molecule has 4 nitrogen and oxygen atoms in total. The number of carbonyl (C=O) groups is 1. The van der Waals surface area contributed by atoms with Crippen molar-refractivity contribution >= 4 is 40.5 Å². The molecular weight excluding hydrogens is 295 g/mol. The zero-order chi connectivity index (χ0) is 13.3. The Labute approximate surface area is 117 Å². The molecule has 0 aliphatic rings. The number of aryl methyl sites for hydroxylation is 1. The number of carboxylic acid groups (broad SMARTS) is 1. The van der Waals surface area contributed by atoms with Crippen molar-refractivity contribution in [3.05, 3.63) is 32.9 Å². The molecule has 18 heavy (non-hydrogen) atoms. The van der Waals surface area contributed by atoms with Gasteiger partial charge in [0.1, 0.15) is 10.7 Å². The standard InChI is InChI=1S/C11H8Cl2N2O2S/c1-5-8(3-9(16)17)18-11(15-5)10-7(13)2-6(12)4-14-10/h2,4H,3H2,1H3,(H,16,17). The van der Waals surface area contributed by atoms with Crippen molar-refractivity contribution in [2.45, 2.75) is 13.3 Å². The van der Waals surface area contributed by atoms with Gasteiger partial charge in [0.05, 0.1) is 22.2 Å². The average molecular weight is 303 g/mol. The first kappa shape index (κ1) is 13.3. The van der Waals surface area contributed by atoms with Crippen LogP contribution in [-0.2, 0) is 11.2 Å². The van der Waals surface area contributed by atoms with Crippen molar-refractivity contribution in [3.63, 3.8) is 0 Å². The third-order valence-corrected chi connectivity index (χ3v) is 3.87. The van der Waals surface area contributed by atoms with Crippen molar-refractivity contribution in [2.75, 3.05) is 0 Å². The van der Waals surface area contributed by atoms with Gasteiger partial charge in [0.15, 0.2) is 0 Å². The molecule has 2 rings (SSSR count). The average Bonchev–Trinajstić information content (AvgIpc) is 2.59. The van der Waals surface area contributed by atoms with Gasteiger partial charge in [-0.3, -0.25) is 9.78 Å². The van der Waals surface area contributed by atoms with Gasteiger partial charge in [-0.25, -0.2) is 4.98 Å². The molecule has 0 aromatic carbocycles. The van der Waals surface area contributed by atoms with E-state index in [4.69, 9.17) is 28.3 Å². The zero-order valence-corrected chi connectivity index (χ0v) is 11.6. The minimum atomic E-state index is -0.886. The van der Waals surface area contributed by atoms with E-state index in [1.54, 1.807) is 13.0 Å². The second-order valence-electron chi connectivity index (χ2n) is 3.58. The van der Waals surface area contributed by atoms with Crippen molar-refractivity contribution in [1.82, 2.24) is 9.97 Å². The van der Waals surface area contributed by atoms with E-state index in [2.05, 4.69) is 9.97 Å². The molecule has 7 heteroatoms. The number of aromatic nitrogens is 2. The van der Waals surface area contributed by atoms with Crippen molar-refractivity contribution in [2.24, 2.45) is 0 Å². The van der Waals surface area contributed by atoms with Crippen LogP contribution in [0.2, 0.25) is 10.0 Å². The van der Waals surface area contributed by atoms with Gasteiger partial charge in [0, 0.05) is 11.1 Å². The Hall–Kier alpha value is -1.17. The number of thiazole rings is 1. The number of rotatable bonds is 3. The lowest BCUT2D eigenvalue weighted by atomic mass is 10.3. The van der Waals surface area contributed by atoms with E-state index >= 15 is 0 Å². The lowest BCUT2D eigenvalue weighted by Crippen LogP contribution is -1.99. The molecule has 0 saturated heterocycles. The first-order valence-corrected chi connectivity index (χ1v) is 6.54. The third kappa shape index (κ3) is 2.80. The summed E-state index contributed by atoms with van der Waals surface area (Å²) in [5, 5.41) is 10.2. The topological polar surface area (TPSA) is 63.1 Å². The second-order valence-corrected chi connectivity index (χ2v) is 5.51. The summed E-state index contributed by atoms with van der Waals surface area (Å²) in [6.07, 6.45) is 1.44. The number of halogens is 2. The largest absolute Gasteiger partial charge is 0.481 e. The Kier molecular flexibility index (Phi) is 3.85. The molecule has 0 aliphatic heterocycles. The van der Waals surface area contributed by atoms with E-state index in [1.165, 1.54) is 17.5 Å². The maximum Gasteiger partial charge on any atom is 0.308 e. The van der Waals surface area contributed by atoms with Crippen LogP contribution in [0.3, 0.4) is 0 Å². The Morgan fingerprint density at radius 1 is 1.50 bits per heavy atom. The fourth-order valence-electron chi connectivity index (χ4n) is 1.40. The van der Waals surface area contributed by atoms with Gasteiger partial charge in [-0.2, -0.15) is 0 Å². The fraction of sp³-hybridized carbons (Fsp3) is 0.182. The highest BCUT2D eigenvalue weighted by Gasteiger charge is 2.15. The summed E-state index contributed by atoms with van der Waals surface area (Å²) in [4.78, 5) is 19.8. The predicted molar refractivity (Wildman–Crippen MR) is 71.4 cm³/mol. The van der Waals surface area contributed by atoms with Gasteiger partial charge < -0.3 is 5.11 Å². The lowest BCUT2D eigenvalue weighted by Gasteiger charge is -1.98.